The van der Waals surface area contributed by atoms with Gasteiger partial charge in [-0.25, -0.2) is 0 Å². The largest absolute Gasteiger partial charge is 0.457 e. The van der Waals surface area contributed by atoms with Crippen LogP contribution in [0.25, 0.3) is 0 Å². The van der Waals surface area contributed by atoms with E-state index in [1.54, 1.807) is 0 Å². The highest BCUT2D eigenvalue weighted by Crippen LogP contribution is 2.38. The van der Waals surface area contributed by atoms with Crippen molar-refractivity contribution in [2.45, 2.75) is 97.2 Å². The van der Waals surface area contributed by atoms with Crippen LogP contribution in [0.15, 0.2) is 21.8 Å². The molecule has 6 heteroatoms. The molecule has 0 spiro atoms. The summed E-state index contributed by atoms with van der Waals surface area (Å²) in [6.45, 7) is 17.1. The maximum atomic E-state index is 12.8. The molecule has 0 amide bonds. The van der Waals surface area contributed by atoms with E-state index < -0.39 is 14.4 Å². The van der Waals surface area contributed by atoms with Gasteiger partial charge in [0.25, 0.3) is 0 Å². The highest BCUT2D eigenvalue weighted by molar-refractivity contribution is 14.1. The quantitative estimate of drug-likeness (QED) is 0.214. The highest BCUT2D eigenvalue weighted by Gasteiger charge is 2.40. The summed E-state index contributed by atoms with van der Waals surface area (Å²) >= 11 is 2.18. The molecule has 0 saturated heterocycles. The first kappa shape index (κ1) is 25.9. The first-order chi connectivity index (χ1) is 12.8. The lowest BCUT2D eigenvalue weighted by molar-refractivity contribution is -0.150. The Bertz CT molecular complexity index is 580. The molecule has 1 aliphatic heterocycles. The van der Waals surface area contributed by atoms with E-state index in [-0.39, 0.29) is 41.5 Å². The minimum Gasteiger partial charge on any atom is -0.457 e. The van der Waals surface area contributed by atoms with Crippen LogP contribution in [-0.2, 0) is 14.0 Å². The monoisotopic (exact) mass is 522 g/mol. The molecule has 0 aromatic rings. The van der Waals surface area contributed by atoms with Gasteiger partial charge in [0.15, 0.2) is 8.32 Å². The Morgan fingerprint density at radius 3 is 2.43 bits per heavy atom. The Balaban J connectivity index is 3.13. The average Bonchev–Trinajstić information content (AvgIpc) is 2.58. The molecule has 0 unspecified atom stereocenters. The van der Waals surface area contributed by atoms with E-state index >= 15 is 0 Å². The van der Waals surface area contributed by atoms with Gasteiger partial charge in [0, 0.05) is 5.92 Å². The lowest BCUT2D eigenvalue weighted by Crippen LogP contribution is -2.45. The van der Waals surface area contributed by atoms with E-state index in [0.717, 1.165) is 18.4 Å². The Labute approximate surface area is 186 Å². The summed E-state index contributed by atoms with van der Waals surface area (Å²) in [4.78, 5) is 12.8. The van der Waals surface area contributed by atoms with Crippen LogP contribution >= 0.6 is 22.6 Å². The van der Waals surface area contributed by atoms with Gasteiger partial charge in [0.1, 0.15) is 6.10 Å². The number of esters is 1. The average molecular weight is 523 g/mol. The molecule has 1 heterocycles. The lowest BCUT2D eigenvalue weighted by Gasteiger charge is -2.39. The zero-order valence-electron chi connectivity index (χ0n) is 18.8. The summed E-state index contributed by atoms with van der Waals surface area (Å²) in [5.41, 5.74) is 1.01. The second-order valence-electron chi connectivity index (χ2n) is 9.76. The van der Waals surface area contributed by atoms with Gasteiger partial charge in [-0.3, -0.25) is 4.79 Å². The second kappa shape index (κ2) is 10.7. The summed E-state index contributed by atoms with van der Waals surface area (Å²) in [5, 5.41) is 10.6. The van der Waals surface area contributed by atoms with Crippen molar-refractivity contribution < 1.29 is 19.1 Å². The Kier molecular flexibility index (Phi) is 9.91. The van der Waals surface area contributed by atoms with Crippen molar-refractivity contribution in [3.63, 3.8) is 0 Å². The van der Waals surface area contributed by atoms with Crippen LogP contribution in [0.3, 0.4) is 0 Å². The van der Waals surface area contributed by atoms with Gasteiger partial charge in [-0.15, -0.1) is 0 Å². The summed E-state index contributed by atoms with van der Waals surface area (Å²) in [7, 11) is -2.01. The van der Waals surface area contributed by atoms with E-state index in [1.807, 2.05) is 30.1 Å². The summed E-state index contributed by atoms with van der Waals surface area (Å²) < 4.78 is 14.4. The fraction of sp³-hybridized carbons (Fsp3) is 0.773. The van der Waals surface area contributed by atoms with Crippen LogP contribution in [0.5, 0.6) is 0 Å². The predicted molar refractivity (Wildman–Crippen MR) is 127 cm³/mol. The van der Waals surface area contributed by atoms with E-state index in [1.165, 1.54) is 0 Å². The molecule has 1 rings (SSSR count). The summed E-state index contributed by atoms with van der Waals surface area (Å²) in [6.07, 6.45) is 4.63. The fourth-order valence-electron chi connectivity index (χ4n) is 3.05. The zero-order valence-corrected chi connectivity index (χ0v) is 21.9. The van der Waals surface area contributed by atoms with E-state index in [4.69, 9.17) is 9.16 Å². The third-order valence-corrected chi connectivity index (χ3v) is 11.7. The maximum Gasteiger partial charge on any atom is 0.308 e. The van der Waals surface area contributed by atoms with Crippen LogP contribution in [0.4, 0.5) is 0 Å². The molecule has 1 N–H and O–H groups in total. The van der Waals surface area contributed by atoms with E-state index in [2.05, 4.69) is 63.4 Å². The number of halogens is 1. The van der Waals surface area contributed by atoms with Crippen LogP contribution in [0.1, 0.15) is 60.8 Å². The van der Waals surface area contributed by atoms with Crippen LogP contribution in [-0.4, -0.2) is 37.7 Å². The molecule has 0 fully saturated rings. The van der Waals surface area contributed by atoms with Gasteiger partial charge < -0.3 is 14.3 Å². The van der Waals surface area contributed by atoms with Gasteiger partial charge in [0.2, 0.25) is 0 Å². The number of rotatable bonds is 3. The number of carbonyl (C=O) groups is 1. The van der Waals surface area contributed by atoms with Gasteiger partial charge >= 0.3 is 5.97 Å². The van der Waals surface area contributed by atoms with Crippen LogP contribution < -0.4 is 0 Å². The van der Waals surface area contributed by atoms with Crippen molar-refractivity contribution >= 4 is 36.9 Å². The standard InChI is InChI=1S/C22H39IO4Si/c1-15-9-11-18(27-28(7,8)22(4,5)6)13-20(25)26-21(17(3)14-23)16(2)10-12-19(15)24/h10,12,14-16,18-19,21,24H,9,11,13H2,1-8H3/b12-10-,17-14+/t15-,16-,18+,19-,21-/m0/s1. The molecule has 28 heavy (non-hydrogen) atoms. The fourth-order valence-corrected chi connectivity index (χ4v) is 4.79. The van der Waals surface area contributed by atoms with E-state index in [0.29, 0.717) is 0 Å². The minimum atomic E-state index is -2.01. The van der Waals surface area contributed by atoms with Gasteiger partial charge in [0.05, 0.1) is 18.6 Å². The first-order valence-corrected chi connectivity index (χ1v) is 14.4. The highest BCUT2D eigenvalue weighted by atomic mass is 127. The molecule has 0 aliphatic carbocycles. The third kappa shape index (κ3) is 7.57. The summed E-state index contributed by atoms with van der Waals surface area (Å²) in [5.74, 6) is -0.0968. The number of ether oxygens (including phenoxy) is 1. The molecule has 1 aliphatic rings. The molecule has 0 radical (unpaired) electrons. The van der Waals surface area contributed by atoms with E-state index in [9.17, 15) is 9.90 Å². The number of aliphatic hydroxyl groups excluding tert-OH is 1. The van der Waals surface area contributed by atoms with Gasteiger partial charge in [-0.05, 0) is 53.5 Å². The Hall–Kier alpha value is -0.183. The molecule has 0 aromatic heterocycles. The van der Waals surface area contributed by atoms with Crippen molar-refractivity contribution in [2.24, 2.45) is 11.8 Å². The van der Waals surface area contributed by atoms with Crippen molar-refractivity contribution in [1.29, 1.82) is 0 Å². The van der Waals surface area contributed by atoms with Crippen molar-refractivity contribution in [3.05, 3.63) is 21.8 Å². The zero-order chi connectivity index (χ0) is 21.7. The molecule has 0 aromatic carbocycles. The van der Waals surface area contributed by atoms with Gasteiger partial charge in [-0.1, -0.05) is 69.4 Å². The third-order valence-electron chi connectivity index (χ3n) is 6.16. The molecule has 4 nitrogen and oxygen atoms in total. The second-order valence-corrected chi connectivity index (χ2v) is 15.1. The summed E-state index contributed by atoms with van der Waals surface area (Å²) in [6, 6.07) is 0. The van der Waals surface area contributed by atoms with Crippen molar-refractivity contribution in [3.8, 4) is 0 Å². The van der Waals surface area contributed by atoms with Crippen molar-refractivity contribution in [1.82, 2.24) is 0 Å². The molecular weight excluding hydrogens is 483 g/mol. The molecule has 5 atom stereocenters. The van der Waals surface area contributed by atoms with Crippen LogP contribution in [0, 0.1) is 11.8 Å². The Morgan fingerprint density at radius 2 is 1.89 bits per heavy atom. The molecular formula is C22H39IO4Si. The predicted octanol–water partition coefficient (Wildman–Crippen LogP) is 6.00. The number of hydrogen-bond donors (Lipinski definition) is 1. The normalized spacial score (nSPS) is 32.9. The first-order valence-electron chi connectivity index (χ1n) is 10.3. The number of carbonyl (C=O) groups excluding carboxylic acids is 1. The number of hydrogen-bond acceptors (Lipinski definition) is 4. The molecule has 0 bridgehead atoms. The number of aliphatic hydroxyl groups is 1. The van der Waals surface area contributed by atoms with Gasteiger partial charge in [-0.2, -0.15) is 0 Å². The molecule has 0 saturated carbocycles. The number of cyclic esters (lactones) is 1. The Morgan fingerprint density at radius 1 is 1.29 bits per heavy atom. The topological polar surface area (TPSA) is 55.8 Å². The van der Waals surface area contributed by atoms with Crippen LogP contribution in [0.2, 0.25) is 18.1 Å². The maximum absolute atomic E-state index is 12.8. The minimum absolute atomic E-state index is 0.00370. The molecule has 162 valence electrons. The SMILES string of the molecule is C/C(=C\I)[C@H]1OC(=O)C[C@H](O[Si](C)(C)C(C)(C)C)CC[C@H](C)[C@@H](O)/C=C\[C@@H]1C. The van der Waals surface area contributed by atoms with Crippen molar-refractivity contribution in [2.75, 3.05) is 0 Å². The smallest absolute Gasteiger partial charge is 0.308 e. The lowest BCUT2D eigenvalue weighted by atomic mass is 9.92.